The quantitative estimate of drug-likeness (QED) is 0.0905. The van der Waals surface area contributed by atoms with Crippen molar-refractivity contribution in [2.24, 2.45) is 0 Å². The molecule has 10 nitrogen and oxygen atoms in total. The van der Waals surface area contributed by atoms with Crippen LogP contribution in [0, 0.1) is 0 Å². The molecule has 2 unspecified atom stereocenters. The molecule has 12 heteroatoms. The number of carbonyl (C=O) groups excluding carboxylic acids is 3. The van der Waals surface area contributed by atoms with Gasteiger partial charge in [0.1, 0.15) is 23.5 Å². The first kappa shape index (κ1) is 49.8. The Hall–Kier alpha value is -4.60. The van der Waals surface area contributed by atoms with Gasteiger partial charge in [-0.05, 0) is 72.4 Å². The van der Waals surface area contributed by atoms with Crippen LogP contribution in [0.15, 0.2) is 121 Å². The third-order valence-electron chi connectivity index (χ3n) is 9.62. The molecule has 326 valence electrons. The molecule has 0 radical (unpaired) electrons. The molecule has 0 heterocycles. The average molecular weight is 857 g/mol. The zero-order chi connectivity index (χ0) is 44.8. The maximum atomic E-state index is 12.2. The van der Waals surface area contributed by atoms with Crippen LogP contribution < -0.4 is 31.4 Å². The third-order valence-corrected chi connectivity index (χ3v) is 19.6. The Morgan fingerprint density at radius 3 is 1.10 bits per heavy atom. The Kier molecular flexibility index (Phi) is 17.6. The van der Waals surface area contributed by atoms with E-state index in [0.29, 0.717) is 6.29 Å². The number of carbonyl (C=O) groups is 3. The highest BCUT2D eigenvalue weighted by Crippen LogP contribution is 2.38. The Balaban J connectivity index is 0.000000320. The van der Waals surface area contributed by atoms with Crippen molar-refractivity contribution in [1.82, 2.24) is 10.6 Å². The van der Waals surface area contributed by atoms with Crippen molar-refractivity contribution in [3.8, 4) is 0 Å². The average Bonchev–Trinajstić information content (AvgIpc) is 3.17. The van der Waals surface area contributed by atoms with E-state index < -0.39 is 52.1 Å². The number of aliphatic hydroxyl groups is 1. The molecule has 2 atom stereocenters. The van der Waals surface area contributed by atoms with Crippen LogP contribution in [0.4, 0.5) is 9.59 Å². The lowest BCUT2D eigenvalue weighted by molar-refractivity contribution is -0.110. The van der Waals surface area contributed by atoms with E-state index in [0.717, 1.165) is 20.7 Å². The summed E-state index contributed by atoms with van der Waals surface area (Å²) in [7, 11) is -5.51. The van der Waals surface area contributed by atoms with E-state index in [1.165, 1.54) is 0 Å². The van der Waals surface area contributed by atoms with Crippen molar-refractivity contribution in [2.75, 3.05) is 19.8 Å². The summed E-state index contributed by atoms with van der Waals surface area (Å²) >= 11 is 0. The fraction of sp³-hybridized carbons (Fsp3) is 0.438. The Morgan fingerprint density at radius 2 is 0.833 bits per heavy atom. The molecule has 4 aromatic rings. The van der Waals surface area contributed by atoms with Gasteiger partial charge in [0.2, 0.25) is 0 Å². The molecular weight excluding hydrogens is 789 g/mol. The molecule has 0 fully saturated rings. The first-order valence-corrected chi connectivity index (χ1v) is 24.4. The molecule has 0 aliphatic heterocycles. The lowest BCUT2D eigenvalue weighted by Crippen LogP contribution is -2.67. The molecule has 3 N–H and O–H groups in total. The van der Waals surface area contributed by atoms with Crippen LogP contribution in [0.25, 0.3) is 0 Å². The van der Waals surface area contributed by atoms with Crippen molar-refractivity contribution in [2.45, 2.75) is 116 Å². The van der Waals surface area contributed by atoms with Crippen molar-refractivity contribution < 1.29 is 37.8 Å². The van der Waals surface area contributed by atoms with Crippen molar-refractivity contribution in [1.29, 1.82) is 0 Å². The summed E-state index contributed by atoms with van der Waals surface area (Å²) in [6, 6.07) is 39.5. The monoisotopic (exact) mass is 856 g/mol. The summed E-state index contributed by atoms with van der Waals surface area (Å²) in [4.78, 5) is 36.1. The van der Waals surface area contributed by atoms with Gasteiger partial charge in [-0.2, -0.15) is 0 Å². The van der Waals surface area contributed by atoms with Gasteiger partial charge < -0.3 is 38.9 Å². The Morgan fingerprint density at radius 1 is 0.533 bits per heavy atom. The molecule has 60 heavy (non-hydrogen) atoms. The number of amides is 2. The van der Waals surface area contributed by atoms with E-state index in [1.807, 2.05) is 72.8 Å². The SMILES string of the molecule is CC(C)(C)OC(=O)NC(C=O)CO[Si](c1ccccc1)(c1ccccc1)C(C)(C)C.CC(C)(C)OC(=O)NC(CO)CO[Si](c1ccccc1)(c1ccccc1)C(C)(C)C. The van der Waals surface area contributed by atoms with E-state index in [9.17, 15) is 19.5 Å². The number of rotatable bonds is 14. The summed E-state index contributed by atoms with van der Waals surface area (Å²) in [5.74, 6) is 0. The molecule has 0 saturated heterocycles. The number of ether oxygens (including phenoxy) is 2. The van der Waals surface area contributed by atoms with Crippen LogP contribution in [0.5, 0.6) is 0 Å². The number of aldehydes is 1. The van der Waals surface area contributed by atoms with Crippen molar-refractivity contribution in [3.05, 3.63) is 121 Å². The van der Waals surface area contributed by atoms with E-state index in [4.69, 9.17) is 18.3 Å². The van der Waals surface area contributed by atoms with Crippen LogP contribution >= 0.6 is 0 Å². The molecule has 0 saturated carbocycles. The van der Waals surface area contributed by atoms with E-state index in [-0.39, 0.29) is 29.9 Å². The number of nitrogens with one attached hydrogen (secondary N) is 2. The van der Waals surface area contributed by atoms with Crippen LogP contribution in [0.1, 0.15) is 83.1 Å². The molecule has 2 amide bonds. The molecular formula is C48H68N2O8Si2. The van der Waals surface area contributed by atoms with Crippen LogP contribution in [-0.2, 0) is 23.1 Å². The molecule has 0 bridgehead atoms. The Labute approximate surface area is 360 Å². The highest BCUT2D eigenvalue weighted by atomic mass is 28.4. The normalized spacial score (nSPS) is 13.5. The maximum Gasteiger partial charge on any atom is 0.408 e. The van der Waals surface area contributed by atoms with Gasteiger partial charge in [-0.15, -0.1) is 0 Å². The first-order valence-electron chi connectivity index (χ1n) is 20.5. The maximum absolute atomic E-state index is 12.2. The van der Waals surface area contributed by atoms with E-state index in [2.05, 4.69) is 101 Å². The minimum Gasteiger partial charge on any atom is -0.444 e. The second-order valence-corrected chi connectivity index (χ2v) is 27.5. The lowest BCUT2D eigenvalue weighted by atomic mass is 10.2. The fourth-order valence-corrected chi connectivity index (χ4v) is 16.3. The van der Waals surface area contributed by atoms with Crippen molar-refractivity contribution in [3.63, 3.8) is 0 Å². The smallest absolute Gasteiger partial charge is 0.408 e. The highest BCUT2D eigenvalue weighted by molar-refractivity contribution is 7.00. The van der Waals surface area contributed by atoms with E-state index in [1.54, 1.807) is 41.5 Å². The van der Waals surface area contributed by atoms with Gasteiger partial charge in [-0.3, -0.25) is 0 Å². The van der Waals surface area contributed by atoms with Gasteiger partial charge in [-0.25, -0.2) is 9.59 Å². The highest BCUT2D eigenvalue weighted by Gasteiger charge is 2.51. The van der Waals surface area contributed by atoms with Crippen molar-refractivity contribution >= 4 is 55.9 Å². The molecule has 0 aromatic heterocycles. The number of alkyl carbamates (subject to hydrolysis) is 2. The third kappa shape index (κ3) is 13.7. The van der Waals surface area contributed by atoms with Gasteiger partial charge in [0.05, 0.1) is 25.9 Å². The van der Waals surface area contributed by atoms with Gasteiger partial charge in [0.25, 0.3) is 16.6 Å². The molecule has 0 aliphatic rings. The minimum atomic E-state index is -2.78. The summed E-state index contributed by atoms with van der Waals surface area (Å²) in [6.45, 7) is 23.8. The fourth-order valence-electron chi connectivity index (χ4n) is 7.15. The summed E-state index contributed by atoms with van der Waals surface area (Å²) < 4.78 is 24.1. The Bertz CT molecular complexity index is 1830. The molecule has 4 aromatic carbocycles. The standard InChI is InChI=1S/C24H35NO4Si.C24H33NO4Si/c2*1-23(2,3)29-22(27)25-19(17-26)18-28-30(24(4,5)6,20-13-9-7-10-14-20)21-15-11-8-12-16-21/h7-16,19,26H,17-18H2,1-6H3,(H,25,27);7-17,19H,18H2,1-6H3,(H,25,27). The van der Waals surface area contributed by atoms with Crippen LogP contribution in [0.2, 0.25) is 10.1 Å². The van der Waals surface area contributed by atoms with Gasteiger partial charge in [0.15, 0.2) is 0 Å². The van der Waals surface area contributed by atoms with Crippen LogP contribution in [0.3, 0.4) is 0 Å². The zero-order valence-electron chi connectivity index (χ0n) is 37.7. The second kappa shape index (κ2) is 21.3. The topological polar surface area (TPSA) is 132 Å². The van der Waals surface area contributed by atoms with E-state index >= 15 is 0 Å². The molecule has 4 rings (SSSR count). The molecule has 0 aliphatic carbocycles. The number of benzene rings is 4. The number of hydrogen-bond donors (Lipinski definition) is 3. The largest absolute Gasteiger partial charge is 0.444 e. The summed E-state index contributed by atoms with van der Waals surface area (Å²) in [5.41, 5.74) is -1.25. The van der Waals surface area contributed by atoms with Gasteiger partial charge in [-0.1, -0.05) is 163 Å². The zero-order valence-corrected chi connectivity index (χ0v) is 39.7. The predicted octanol–water partition coefficient (Wildman–Crippen LogP) is 7.10. The number of hydrogen-bond acceptors (Lipinski definition) is 8. The first-order chi connectivity index (χ1) is 28.0. The second-order valence-electron chi connectivity index (χ2n) is 18.9. The van der Waals surface area contributed by atoms with Crippen LogP contribution in [-0.4, -0.2) is 83.3 Å². The lowest BCUT2D eigenvalue weighted by Gasteiger charge is -2.43. The van der Waals surface area contributed by atoms with Gasteiger partial charge in [0, 0.05) is 0 Å². The van der Waals surface area contributed by atoms with Gasteiger partial charge >= 0.3 is 12.2 Å². The predicted molar refractivity (Wildman–Crippen MR) is 247 cm³/mol. The molecule has 0 spiro atoms. The summed E-state index contributed by atoms with van der Waals surface area (Å²) in [6.07, 6.45) is -0.500. The number of aliphatic hydroxyl groups excluding tert-OH is 1. The summed E-state index contributed by atoms with van der Waals surface area (Å²) in [5, 5.41) is 19.4. The minimum absolute atomic E-state index is 0.0655.